The lowest BCUT2D eigenvalue weighted by Crippen LogP contribution is -2.06. The SMILES string of the molecule is COc1ccc(C(C)n2c(=S)[nH]c3ccc(F)cc32)cc1. The molecule has 0 aliphatic carbocycles. The number of benzene rings is 2. The second kappa shape index (κ2) is 5.33. The molecule has 1 unspecified atom stereocenters. The Kier molecular flexibility index (Phi) is 3.51. The van der Waals surface area contributed by atoms with Crippen LogP contribution in [0.15, 0.2) is 42.5 Å². The minimum Gasteiger partial charge on any atom is -0.497 e. The fraction of sp³-hybridized carbons (Fsp3) is 0.188. The summed E-state index contributed by atoms with van der Waals surface area (Å²) >= 11 is 5.38. The van der Waals surface area contributed by atoms with Gasteiger partial charge in [0.2, 0.25) is 0 Å². The molecule has 5 heteroatoms. The third-order valence-electron chi connectivity index (χ3n) is 3.67. The van der Waals surface area contributed by atoms with Crippen LogP contribution in [0.1, 0.15) is 18.5 Å². The van der Waals surface area contributed by atoms with E-state index in [1.807, 2.05) is 35.8 Å². The van der Waals surface area contributed by atoms with Gasteiger partial charge in [0, 0.05) is 0 Å². The van der Waals surface area contributed by atoms with Gasteiger partial charge in [0.05, 0.1) is 24.2 Å². The highest BCUT2D eigenvalue weighted by Gasteiger charge is 2.13. The molecule has 1 N–H and O–H groups in total. The van der Waals surface area contributed by atoms with E-state index in [2.05, 4.69) is 4.98 Å². The Bertz CT molecular complexity index is 836. The number of aromatic nitrogens is 2. The van der Waals surface area contributed by atoms with Crippen molar-refractivity contribution in [2.75, 3.05) is 7.11 Å². The minimum absolute atomic E-state index is 0.000967. The van der Waals surface area contributed by atoms with Gasteiger partial charge >= 0.3 is 0 Å². The number of halogens is 1. The topological polar surface area (TPSA) is 29.9 Å². The predicted octanol–water partition coefficient (Wildman–Crippen LogP) is 4.46. The van der Waals surface area contributed by atoms with Crippen LogP contribution in [0.2, 0.25) is 0 Å². The average Bonchev–Trinajstić information content (AvgIpc) is 2.82. The quantitative estimate of drug-likeness (QED) is 0.724. The van der Waals surface area contributed by atoms with E-state index in [1.165, 1.54) is 12.1 Å². The first kappa shape index (κ1) is 13.8. The number of H-pyrrole nitrogens is 1. The van der Waals surface area contributed by atoms with E-state index < -0.39 is 0 Å². The lowest BCUT2D eigenvalue weighted by atomic mass is 10.1. The van der Waals surface area contributed by atoms with E-state index in [1.54, 1.807) is 13.2 Å². The van der Waals surface area contributed by atoms with Crippen LogP contribution in [0.5, 0.6) is 5.75 Å². The lowest BCUT2D eigenvalue weighted by molar-refractivity contribution is 0.414. The van der Waals surface area contributed by atoms with Crippen LogP contribution in [0.3, 0.4) is 0 Å². The van der Waals surface area contributed by atoms with Gasteiger partial charge in [-0.25, -0.2) is 4.39 Å². The molecule has 3 nitrogen and oxygen atoms in total. The van der Waals surface area contributed by atoms with Gasteiger partial charge in [-0.3, -0.25) is 0 Å². The normalized spacial score (nSPS) is 12.5. The molecule has 2 aromatic carbocycles. The van der Waals surface area contributed by atoms with Crippen LogP contribution >= 0.6 is 12.2 Å². The summed E-state index contributed by atoms with van der Waals surface area (Å²) in [7, 11) is 1.64. The molecule has 0 bridgehead atoms. The Hall–Kier alpha value is -2.14. The molecular formula is C16H15FN2OS. The molecule has 21 heavy (non-hydrogen) atoms. The van der Waals surface area contributed by atoms with E-state index in [4.69, 9.17) is 17.0 Å². The molecular weight excluding hydrogens is 287 g/mol. The van der Waals surface area contributed by atoms with Crippen LogP contribution in [-0.4, -0.2) is 16.7 Å². The van der Waals surface area contributed by atoms with Crippen molar-refractivity contribution >= 4 is 23.3 Å². The largest absolute Gasteiger partial charge is 0.497 e. The number of imidazole rings is 1. The number of methoxy groups -OCH3 is 1. The highest BCUT2D eigenvalue weighted by atomic mass is 32.1. The summed E-state index contributed by atoms with van der Waals surface area (Å²) in [5, 5.41) is 0. The molecule has 1 aromatic heterocycles. The van der Waals surface area contributed by atoms with E-state index >= 15 is 0 Å². The van der Waals surface area contributed by atoms with Gasteiger partial charge in [-0.2, -0.15) is 0 Å². The van der Waals surface area contributed by atoms with Crippen molar-refractivity contribution in [2.24, 2.45) is 0 Å². The van der Waals surface area contributed by atoms with Crippen LogP contribution in [-0.2, 0) is 0 Å². The predicted molar refractivity (Wildman–Crippen MR) is 83.9 cm³/mol. The number of nitrogens with zero attached hydrogens (tertiary/aromatic N) is 1. The molecule has 3 rings (SSSR count). The number of nitrogens with one attached hydrogen (secondary N) is 1. The molecule has 0 aliphatic rings. The van der Waals surface area contributed by atoms with Crippen molar-refractivity contribution < 1.29 is 9.13 Å². The molecule has 0 fully saturated rings. The summed E-state index contributed by atoms with van der Waals surface area (Å²) in [5.41, 5.74) is 2.68. The Morgan fingerprint density at radius 3 is 2.57 bits per heavy atom. The first-order valence-corrected chi connectivity index (χ1v) is 7.04. The first-order chi connectivity index (χ1) is 10.1. The van der Waals surface area contributed by atoms with Gasteiger partial charge in [-0.15, -0.1) is 0 Å². The molecule has 0 saturated heterocycles. The van der Waals surface area contributed by atoms with Crippen LogP contribution in [0.4, 0.5) is 4.39 Å². The molecule has 108 valence electrons. The zero-order valence-electron chi connectivity index (χ0n) is 11.8. The van der Waals surface area contributed by atoms with E-state index in [9.17, 15) is 4.39 Å². The maximum atomic E-state index is 13.5. The molecule has 0 saturated carbocycles. The van der Waals surface area contributed by atoms with Gasteiger partial charge in [-0.05, 0) is 55.0 Å². The Morgan fingerprint density at radius 2 is 1.90 bits per heavy atom. The molecule has 3 aromatic rings. The number of hydrogen-bond donors (Lipinski definition) is 1. The maximum absolute atomic E-state index is 13.5. The smallest absolute Gasteiger partial charge is 0.178 e. The molecule has 1 atom stereocenters. The van der Waals surface area contributed by atoms with Crippen LogP contribution in [0.25, 0.3) is 11.0 Å². The number of fused-ring (bicyclic) bond motifs is 1. The van der Waals surface area contributed by atoms with E-state index in [-0.39, 0.29) is 11.9 Å². The van der Waals surface area contributed by atoms with E-state index in [0.717, 1.165) is 22.3 Å². The van der Waals surface area contributed by atoms with Crippen molar-refractivity contribution in [3.05, 3.63) is 58.6 Å². The second-order valence-electron chi connectivity index (χ2n) is 4.91. The standard InChI is InChI=1S/C16H15FN2OS/c1-10(11-3-6-13(20-2)7-4-11)19-15-9-12(17)5-8-14(15)18-16(19)21/h3-10H,1-2H3,(H,18,21). The van der Waals surface area contributed by atoms with Crippen LogP contribution < -0.4 is 4.74 Å². The van der Waals surface area contributed by atoms with Gasteiger partial charge in [0.15, 0.2) is 4.77 Å². The minimum atomic E-state index is -0.271. The Balaban J connectivity index is 2.12. The third kappa shape index (κ3) is 2.45. The van der Waals surface area contributed by atoms with Gasteiger partial charge in [0.1, 0.15) is 11.6 Å². The summed E-state index contributed by atoms with van der Waals surface area (Å²) in [4.78, 5) is 3.11. The Morgan fingerprint density at radius 1 is 1.19 bits per heavy atom. The number of rotatable bonds is 3. The van der Waals surface area contributed by atoms with Crippen molar-refractivity contribution in [3.8, 4) is 5.75 Å². The first-order valence-electron chi connectivity index (χ1n) is 6.64. The lowest BCUT2D eigenvalue weighted by Gasteiger charge is -2.15. The van der Waals surface area contributed by atoms with Gasteiger partial charge in [-0.1, -0.05) is 12.1 Å². The molecule has 0 radical (unpaired) electrons. The van der Waals surface area contributed by atoms with Crippen molar-refractivity contribution in [1.29, 1.82) is 0 Å². The van der Waals surface area contributed by atoms with Crippen molar-refractivity contribution in [3.63, 3.8) is 0 Å². The summed E-state index contributed by atoms with van der Waals surface area (Å²) < 4.78 is 21.2. The molecule has 1 heterocycles. The molecule has 0 amide bonds. The van der Waals surface area contributed by atoms with E-state index in [0.29, 0.717) is 4.77 Å². The second-order valence-corrected chi connectivity index (χ2v) is 5.30. The maximum Gasteiger partial charge on any atom is 0.178 e. The van der Waals surface area contributed by atoms with Gasteiger partial charge < -0.3 is 14.3 Å². The average molecular weight is 302 g/mol. The number of aromatic amines is 1. The fourth-order valence-corrected chi connectivity index (χ4v) is 2.88. The van der Waals surface area contributed by atoms with Crippen molar-refractivity contribution in [1.82, 2.24) is 9.55 Å². The number of hydrogen-bond acceptors (Lipinski definition) is 2. The summed E-state index contributed by atoms with van der Waals surface area (Å²) in [6.07, 6.45) is 0. The number of ether oxygens (including phenoxy) is 1. The fourth-order valence-electron chi connectivity index (χ4n) is 2.51. The summed E-state index contributed by atoms with van der Waals surface area (Å²) in [6, 6.07) is 12.4. The van der Waals surface area contributed by atoms with Gasteiger partial charge in [0.25, 0.3) is 0 Å². The third-order valence-corrected chi connectivity index (χ3v) is 3.96. The molecule has 0 aliphatic heterocycles. The van der Waals surface area contributed by atoms with Crippen molar-refractivity contribution in [2.45, 2.75) is 13.0 Å². The monoisotopic (exact) mass is 302 g/mol. The zero-order chi connectivity index (χ0) is 15.0. The highest BCUT2D eigenvalue weighted by molar-refractivity contribution is 7.71. The van der Waals surface area contributed by atoms with Crippen LogP contribution in [0, 0.1) is 10.6 Å². The Labute approximate surface area is 127 Å². The summed E-state index contributed by atoms with van der Waals surface area (Å²) in [5.74, 6) is 0.534. The zero-order valence-corrected chi connectivity index (χ0v) is 12.6. The summed E-state index contributed by atoms with van der Waals surface area (Å²) in [6.45, 7) is 2.04. The molecule has 0 spiro atoms. The highest BCUT2D eigenvalue weighted by Crippen LogP contribution is 2.26.